The molecule has 0 aliphatic carbocycles. The number of halogens is 2. The van der Waals surface area contributed by atoms with E-state index in [4.69, 9.17) is 17.3 Å². The Labute approximate surface area is 124 Å². The number of nitrogens with two attached hydrogens (primary N) is 1. The molecule has 106 valence electrons. The molecule has 0 aliphatic heterocycles. The van der Waals surface area contributed by atoms with Crippen LogP contribution in [0.25, 0.3) is 0 Å². The molecule has 1 atom stereocenters. The molecule has 0 amide bonds. The maximum Gasteiger partial charge on any atom is 0.142 e. The summed E-state index contributed by atoms with van der Waals surface area (Å²) in [5.74, 6) is -0.386. The summed E-state index contributed by atoms with van der Waals surface area (Å²) >= 11 is 5.97. The highest BCUT2D eigenvalue weighted by Gasteiger charge is 2.12. The van der Waals surface area contributed by atoms with Gasteiger partial charge in [0.15, 0.2) is 0 Å². The Morgan fingerprint density at radius 2 is 1.80 bits per heavy atom. The molecule has 2 aromatic carbocycles. The van der Waals surface area contributed by atoms with Crippen molar-refractivity contribution in [2.75, 3.05) is 0 Å². The first-order valence-corrected chi connectivity index (χ1v) is 7.09. The molecule has 0 aliphatic rings. The number of hydrogen-bond donors (Lipinski definition) is 1. The summed E-state index contributed by atoms with van der Waals surface area (Å²) in [6.45, 7) is 4.15. The van der Waals surface area contributed by atoms with Gasteiger partial charge in [-0.1, -0.05) is 47.5 Å². The second-order valence-corrected chi connectivity index (χ2v) is 5.69. The van der Waals surface area contributed by atoms with Crippen molar-refractivity contribution >= 4 is 11.6 Å². The lowest BCUT2D eigenvalue weighted by atomic mass is 9.95. The molecule has 2 aromatic rings. The van der Waals surface area contributed by atoms with Crippen LogP contribution < -0.4 is 5.73 Å². The highest BCUT2D eigenvalue weighted by molar-refractivity contribution is 6.31. The van der Waals surface area contributed by atoms with Gasteiger partial charge in [-0.2, -0.15) is 0 Å². The van der Waals surface area contributed by atoms with Gasteiger partial charge in [-0.25, -0.2) is 4.39 Å². The summed E-state index contributed by atoms with van der Waals surface area (Å²) in [5.41, 5.74) is 10.7. The average Bonchev–Trinajstić information content (AvgIpc) is 2.39. The van der Waals surface area contributed by atoms with Crippen LogP contribution in [0.15, 0.2) is 36.4 Å². The smallest absolute Gasteiger partial charge is 0.142 e. The Hall–Kier alpha value is -1.38. The fourth-order valence-electron chi connectivity index (χ4n) is 2.36. The Kier molecular flexibility index (Phi) is 4.79. The largest absolute Gasteiger partial charge is 0.327 e. The SMILES string of the molecule is Cc1ccc(C)c(CC(N)Cc2cccc(F)c2Cl)c1. The van der Waals surface area contributed by atoms with Gasteiger partial charge in [-0.3, -0.25) is 0 Å². The highest BCUT2D eigenvalue weighted by atomic mass is 35.5. The van der Waals surface area contributed by atoms with Crippen LogP contribution in [0.3, 0.4) is 0 Å². The van der Waals surface area contributed by atoms with Crippen LogP contribution in [0.1, 0.15) is 22.3 Å². The molecule has 1 nitrogen and oxygen atoms in total. The van der Waals surface area contributed by atoms with Gasteiger partial charge in [0, 0.05) is 6.04 Å². The maximum atomic E-state index is 13.4. The molecular weight excluding hydrogens is 273 g/mol. The van der Waals surface area contributed by atoms with Gasteiger partial charge in [0.2, 0.25) is 0 Å². The number of benzene rings is 2. The minimum atomic E-state index is -0.386. The second kappa shape index (κ2) is 6.38. The highest BCUT2D eigenvalue weighted by Crippen LogP contribution is 2.22. The van der Waals surface area contributed by atoms with Gasteiger partial charge < -0.3 is 5.73 Å². The number of rotatable bonds is 4. The molecule has 0 fully saturated rings. The number of hydrogen-bond acceptors (Lipinski definition) is 1. The van der Waals surface area contributed by atoms with Gasteiger partial charge in [0.25, 0.3) is 0 Å². The van der Waals surface area contributed by atoms with E-state index in [0.717, 1.165) is 12.0 Å². The molecule has 1 unspecified atom stereocenters. The van der Waals surface area contributed by atoms with Crippen LogP contribution in [0.5, 0.6) is 0 Å². The van der Waals surface area contributed by atoms with E-state index >= 15 is 0 Å². The molecule has 3 heteroatoms. The van der Waals surface area contributed by atoms with E-state index in [-0.39, 0.29) is 16.9 Å². The summed E-state index contributed by atoms with van der Waals surface area (Å²) in [5, 5.41) is 0.184. The van der Waals surface area contributed by atoms with Crippen LogP contribution in [0.4, 0.5) is 4.39 Å². The third kappa shape index (κ3) is 3.59. The topological polar surface area (TPSA) is 26.0 Å². The second-order valence-electron chi connectivity index (χ2n) is 5.31. The molecule has 0 radical (unpaired) electrons. The monoisotopic (exact) mass is 291 g/mol. The van der Waals surface area contributed by atoms with Crippen LogP contribution in [0, 0.1) is 19.7 Å². The third-order valence-electron chi connectivity index (χ3n) is 3.50. The summed E-state index contributed by atoms with van der Waals surface area (Å²) in [6, 6.07) is 11.1. The predicted octanol–water partition coefficient (Wildman–Crippen LogP) is 4.21. The quantitative estimate of drug-likeness (QED) is 0.897. The predicted molar refractivity (Wildman–Crippen MR) is 82.7 cm³/mol. The van der Waals surface area contributed by atoms with E-state index in [0.29, 0.717) is 6.42 Å². The zero-order valence-corrected chi connectivity index (χ0v) is 12.5. The summed E-state index contributed by atoms with van der Waals surface area (Å²) in [7, 11) is 0. The van der Waals surface area contributed by atoms with Gasteiger partial charge >= 0.3 is 0 Å². The summed E-state index contributed by atoms with van der Waals surface area (Å²) < 4.78 is 13.4. The fourth-order valence-corrected chi connectivity index (χ4v) is 2.57. The summed E-state index contributed by atoms with van der Waals surface area (Å²) in [6.07, 6.45) is 1.34. The Balaban J connectivity index is 2.11. The maximum absolute atomic E-state index is 13.4. The van der Waals surface area contributed by atoms with Crippen molar-refractivity contribution in [2.45, 2.75) is 32.7 Å². The lowest BCUT2D eigenvalue weighted by molar-refractivity contribution is 0.618. The Morgan fingerprint density at radius 3 is 2.55 bits per heavy atom. The lowest BCUT2D eigenvalue weighted by Gasteiger charge is -2.15. The lowest BCUT2D eigenvalue weighted by Crippen LogP contribution is -2.26. The minimum Gasteiger partial charge on any atom is -0.327 e. The molecule has 0 spiro atoms. The van der Waals surface area contributed by atoms with Gasteiger partial charge in [0.1, 0.15) is 5.82 Å². The van der Waals surface area contributed by atoms with Crippen LogP contribution in [-0.2, 0) is 12.8 Å². The third-order valence-corrected chi connectivity index (χ3v) is 3.92. The van der Waals surface area contributed by atoms with Crippen molar-refractivity contribution in [3.8, 4) is 0 Å². The summed E-state index contributed by atoms with van der Waals surface area (Å²) in [4.78, 5) is 0. The fraction of sp³-hybridized carbons (Fsp3) is 0.294. The minimum absolute atomic E-state index is 0.0743. The van der Waals surface area contributed by atoms with E-state index in [2.05, 4.69) is 32.0 Å². The molecule has 0 saturated carbocycles. The van der Waals surface area contributed by atoms with Crippen molar-refractivity contribution in [3.05, 3.63) is 69.5 Å². The zero-order valence-electron chi connectivity index (χ0n) is 11.8. The van der Waals surface area contributed by atoms with Crippen molar-refractivity contribution in [3.63, 3.8) is 0 Å². The first-order valence-electron chi connectivity index (χ1n) is 6.72. The average molecular weight is 292 g/mol. The molecule has 0 heterocycles. The van der Waals surface area contributed by atoms with E-state index < -0.39 is 0 Å². The molecule has 2 N–H and O–H groups in total. The van der Waals surface area contributed by atoms with E-state index in [1.54, 1.807) is 6.07 Å². The number of aryl methyl sites for hydroxylation is 2. The van der Waals surface area contributed by atoms with Crippen molar-refractivity contribution in [1.29, 1.82) is 0 Å². The van der Waals surface area contributed by atoms with E-state index in [1.807, 2.05) is 6.07 Å². The van der Waals surface area contributed by atoms with E-state index in [1.165, 1.54) is 22.8 Å². The molecule has 0 aromatic heterocycles. The Morgan fingerprint density at radius 1 is 1.10 bits per heavy atom. The normalized spacial score (nSPS) is 12.4. The van der Waals surface area contributed by atoms with Gasteiger partial charge in [-0.15, -0.1) is 0 Å². The zero-order chi connectivity index (χ0) is 14.7. The van der Waals surface area contributed by atoms with Crippen LogP contribution in [-0.4, -0.2) is 6.04 Å². The first-order chi connectivity index (χ1) is 9.47. The molecule has 0 bridgehead atoms. The van der Waals surface area contributed by atoms with Gasteiger partial charge in [-0.05, 0) is 49.4 Å². The van der Waals surface area contributed by atoms with Crippen molar-refractivity contribution < 1.29 is 4.39 Å². The van der Waals surface area contributed by atoms with E-state index in [9.17, 15) is 4.39 Å². The molecule has 2 rings (SSSR count). The van der Waals surface area contributed by atoms with Crippen molar-refractivity contribution in [2.24, 2.45) is 5.73 Å². The van der Waals surface area contributed by atoms with Gasteiger partial charge in [0.05, 0.1) is 5.02 Å². The van der Waals surface area contributed by atoms with Crippen LogP contribution >= 0.6 is 11.6 Å². The first kappa shape index (κ1) is 15.0. The Bertz CT molecular complexity index is 606. The van der Waals surface area contributed by atoms with Crippen LogP contribution in [0.2, 0.25) is 5.02 Å². The molecular formula is C17H19ClFN. The molecule has 20 heavy (non-hydrogen) atoms. The van der Waals surface area contributed by atoms with Crippen molar-refractivity contribution in [1.82, 2.24) is 0 Å². The standard InChI is InChI=1S/C17H19ClFN/c1-11-6-7-12(2)14(8-11)10-15(20)9-13-4-3-5-16(19)17(13)18/h3-8,15H,9-10,20H2,1-2H3. The molecule has 0 saturated heterocycles.